The number of nitrogens with zero attached hydrogens (tertiary/aromatic N) is 4. The van der Waals surface area contributed by atoms with Gasteiger partial charge in [-0.05, 0) is 62.3 Å². The summed E-state index contributed by atoms with van der Waals surface area (Å²) in [4.78, 5) is 34.6. The van der Waals surface area contributed by atoms with Crippen molar-refractivity contribution in [1.82, 2.24) is 24.9 Å². The van der Waals surface area contributed by atoms with Crippen LogP contribution in [0.3, 0.4) is 0 Å². The van der Waals surface area contributed by atoms with Crippen LogP contribution in [0.25, 0.3) is 16.8 Å². The minimum absolute atomic E-state index is 0.114. The average Bonchev–Trinajstić information content (AvgIpc) is 3.42. The zero-order valence-electron chi connectivity index (χ0n) is 22.9. The number of imidazole rings is 1. The van der Waals surface area contributed by atoms with Gasteiger partial charge in [0.25, 0.3) is 5.91 Å². The maximum Gasteiger partial charge on any atom is 0.311 e. The van der Waals surface area contributed by atoms with E-state index in [-0.39, 0.29) is 23.5 Å². The van der Waals surface area contributed by atoms with Crippen molar-refractivity contribution in [3.05, 3.63) is 71.6 Å². The first-order chi connectivity index (χ1) is 19.8. The quantitative estimate of drug-likeness (QED) is 0.322. The van der Waals surface area contributed by atoms with Crippen LogP contribution in [0.2, 0.25) is 0 Å². The molecule has 2 bridgehead atoms. The molecule has 3 saturated carbocycles. The number of ether oxygens (including phenoxy) is 2. The van der Waals surface area contributed by atoms with Gasteiger partial charge in [-0.1, -0.05) is 24.3 Å². The van der Waals surface area contributed by atoms with E-state index in [0.717, 1.165) is 61.5 Å². The highest BCUT2D eigenvalue weighted by Crippen LogP contribution is 2.58. The summed E-state index contributed by atoms with van der Waals surface area (Å²) in [6.45, 7) is 0.240. The zero-order chi connectivity index (χ0) is 28.8. The van der Waals surface area contributed by atoms with Crippen molar-refractivity contribution in [3.8, 4) is 17.0 Å². The van der Waals surface area contributed by atoms with Crippen molar-refractivity contribution in [2.45, 2.75) is 50.5 Å². The summed E-state index contributed by atoms with van der Waals surface area (Å²) >= 11 is 0. The van der Waals surface area contributed by atoms with Crippen LogP contribution in [-0.2, 0) is 21.5 Å². The molecule has 41 heavy (non-hydrogen) atoms. The van der Waals surface area contributed by atoms with E-state index in [9.17, 15) is 14.0 Å². The molecule has 2 aromatic heterocycles. The Balaban J connectivity index is 1.26. The second-order valence-electron chi connectivity index (χ2n) is 11.0. The summed E-state index contributed by atoms with van der Waals surface area (Å²) in [6, 6.07) is 11.5. The van der Waals surface area contributed by atoms with Crippen molar-refractivity contribution in [1.29, 1.82) is 0 Å². The number of fused-ring (bicyclic) bond motifs is 4. The maximum atomic E-state index is 13.7. The molecule has 3 fully saturated rings. The number of esters is 1. The fourth-order valence-electron chi connectivity index (χ4n) is 6.46. The number of aromatic nitrogens is 4. The Kier molecular flexibility index (Phi) is 6.59. The number of methoxy groups -OCH3 is 2. The number of rotatable bonds is 7. The SMILES string of the molecule is COC(=O)C12CCC(c3nc(-c4ccc(CNC(=O)c5cc(F)ccc5OC)cc4)c4c(N)ncnn34)(CC1)CC2. The van der Waals surface area contributed by atoms with E-state index in [1.165, 1.54) is 32.7 Å². The predicted molar refractivity (Wildman–Crippen MR) is 149 cm³/mol. The van der Waals surface area contributed by atoms with Gasteiger partial charge in [-0.25, -0.2) is 18.9 Å². The molecular weight excluding hydrogens is 527 g/mol. The monoisotopic (exact) mass is 558 g/mol. The number of benzene rings is 2. The number of nitrogens with two attached hydrogens (primary N) is 1. The lowest BCUT2D eigenvalue weighted by molar-refractivity contribution is -0.160. The lowest BCUT2D eigenvalue weighted by Gasteiger charge is -2.50. The van der Waals surface area contributed by atoms with Crippen molar-refractivity contribution in [2.75, 3.05) is 20.0 Å². The summed E-state index contributed by atoms with van der Waals surface area (Å²) in [7, 11) is 2.89. The number of halogens is 1. The van der Waals surface area contributed by atoms with E-state index < -0.39 is 17.1 Å². The first-order valence-electron chi connectivity index (χ1n) is 13.6. The van der Waals surface area contributed by atoms with Crippen molar-refractivity contribution < 1.29 is 23.5 Å². The molecule has 2 aromatic carbocycles. The van der Waals surface area contributed by atoms with Gasteiger partial charge in [-0.2, -0.15) is 5.10 Å². The number of carbonyl (C=O) groups is 2. The standard InChI is InChI=1S/C30H31FN6O4/c1-40-22-8-7-20(31)15-21(22)26(38)33-16-18-3-5-19(6-4-18)23-24-25(32)34-17-35-37(24)27(36-23)29-9-12-30(13-10-29,14-11-29)28(39)41-2/h3-8,15,17H,9-14,16H2,1-2H3,(H,33,38)(H2,32,34,35). The summed E-state index contributed by atoms with van der Waals surface area (Å²) in [5.74, 6) is 0.413. The first-order valence-corrected chi connectivity index (χ1v) is 13.6. The highest BCUT2D eigenvalue weighted by molar-refractivity contribution is 5.97. The maximum absolute atomic E-state index is 13.7. The van der Waals surface area contributed by atoms with E-state index in [2.05, 4.69) is 15.4 Å². The summed E-state index contributed by atoms with van der Waals surface area (Å²) in [6.07, 6.45) is 6.17. The second kappa shape index (κ2) is 10.1. The van der Waals surface area contributed by atoms with Crippen LogP contribution >= 0.6 is 0 Å². The number of nitrogens with one attached hydrogen (secondary N) is 1. The molecule has 10 nitrogen and oxygen atoms in total. The smallest absolute Gasteiger partial charge is 0.311 e. The van der Waals surface area contributed by atoms with E-state index in [0.29, 0.717) is 22.8 Å². The molecule has 11 heteroatoms. The molecule has 0 aliphatic heterocycles. The summed E-state index contributed by atoms with van der Waals surface area (Å²) in [5, 5.41) is 7.36. The number of amides is 1. The largest absolute Gasteiger partial charge is 0.496 e. The zero-order valence-corrected chi connectivity index (χ0v) is 22.9. The van der Waals surface area contributed by atoms with Crippen LogP contribution in [0.15, 0.2) is 48.8 Å². The van der Waals surface area contributed by atoms with E-state index in [1.807, 2.05) is 28.8 Å². The fraction of sp³-hybridized carbons (Fsp3) is 0.367. The number of anilines is 1. The Morgan fingerprint density at radius 2 is 1.76 bits per heavy atom. The Hall–Kier alpha value is -4.54. The second-order valence-corrected chi connectivity index (χ2v) is 11.0. The molecule has 1 amide bonds. The molecule has 0 spiro atoms. The molecule has 2 heterocycles. The van der Waals surface area contributed by atoms with Crippen LogP contribution in [0.5, 0.6) is 5.75 Å². The molecule has 0 radical (unpaired) electrons. The van der Waals surface area contributed by atoms with E-state index in [1.54, 1.807) is 0 Å². The van der Waals surface area contributed by atoms with Crippen molar-refractivity contribution in [2.24, 2.45) is 5.41 Å². The predicted octanol–water partition coefficient (Wildman–Crippen LogP) is 4.22. The number of nitrogen functional groups attached to an aromatic ring is 1. The lowest BCUT2D eigenvalue weighted by atomic mass is 9.53. The normalized spacial score (nSPS) is 21.5. The van der Waals surface area contributed by atoms with Gasteiger partial charge in [-0.15, -0.1) is 0 Å². The van der Waals surface area contributed by atoms with Crippen LogP contribution in [0, 0.1) is 11.2 Å². The number of carbonyl (C=O) groups excluding carboxylic acids is 2. The van der Waals surface area contributed by atoms with Gasteiger partial charge in [0, 0.05) is 17.5 Å². The molecule has 3 aliphatic rings. The molecule has 7 rings (SSSR count). The highest BCUT2D eigenvalue weighted by atomic mass is 19.1. The lowest BCUT2D eigenvalue weighted by Crippen LogP contribution is -2.49. The van der Waals surface area contributed by atoms with Gasteiger partial charge < -0.3 is 20.5 Å². The summed E-state index contributed by atoms with van der Waals surface area (Å²) in [5.41, 5.74) is 8.89. The molecule has 3 N–H and O–H groups in total. The van der Waals surface area contributed by atoms with Gasteiger partial charge in [0.15, 0.2) is 5.82 Å². The third kappa shape index (κ3) is 4.45. The average molecular weight is 559 g/mol. The van der Waals surface area contributed by atoms with Gasteiger partial charge in [0.2, 0.25) is 0 Å². The van der Waals surface area contributed by atoms with Gasteiger partial charge in [0.1, 0.15) is 34.9 Å². The van der Waals surface area contributed by atoms with Crippen LogP contribution in [-0.4, -0.2) is 45.7 Å². The van der Waals surface area contributed by atoms with Gasteiger partial charge in [-0.3, -0.25) is 9.59 Å². The minimum Gasteiger partial charge on any atom is -0.496 e. The Morgan fingerprint density at radius 3 is 2.41 bits per heavy atom. The minimum atomic E-state index is -0.515. The Bertz CT molecular complexity index is 1630. The molecule has 0 atom stereocenters. The third-order valence-corrected chi connectivity index (χ3v) is 8.89. The third-order valence-electron chi connectivity index (χ3n) is 8.89. The highest BCUT2D eigenvalue weighted by Gasteiger charge is 2.55. The van der Waals surface area contributed by atoms with Crippen LogP contribution in [0.4, 0.5) is 10.2 Å². The topological polar surface area (TPSA) is 134 Å². The molecule has 0 unspecified atom stereocenters. The molecule has 0 saturated heterocycles. The van der Waals surface area contributed by atoms with Gasteiger partial charge in [0.05, 0.1) is 25.2 Å². The molecular formula is C30H31FN6O4. The molecule has 212 valence electrons. The van der Waals surface area contributed by atoms with Crippen LogP contribution < -0.4 is 15.8 Å². The van der Waals surface area contributed by atoms with Gasteiger partial charge >= 0.3 is 5.97 Å². The fourth-order valence-corrected chi connectivity index (χ4v) is 6.46. The van der Waals surface area contributed by atoms with Crippen molar-refractivity contribution >= 4 is 23.2 Å². The van der Waals surface area contributed by atoms with E-state index >= 15 is 0 Å². The Labute approximate surface area is 236 Å². The molecule has 4 aromatic rings. The summed E-state index contributed by atoms with van der Waals surface area (Å²) < 4.78 is 25.8. The molecule has 3 aliphatic carbocycles. The van der Waals surface area contributed by atoms with Crippen LogP contribution in [0.1, 0.15) is 60.3 Å². The van der Waals surface area contributed by atoms with E-state index in [4.69, 9.17) is 20.2 Å². The number of hydrogen-bond donors (Lipinski definition) is 2. The first kappa shape index (κ1) is 26.7. The van der Waals surface area contributed by atoms with Crippen molar-refractivity contribution in [3.63, 3.8) is 0 Å². The number of hydrogen-bond acceptors (Lipinski definition) is 8. The Morgan fingerprint density at radius 1 is 1.05 bits per heavy atom.